The summed E-state index contributed by atoms with van der Waals surface area (Å²) in [6.45, 7) is 8.35. The van der Waals surface area contributed by atoms with E-state index in [2.05, 4.69) is 31.9 Å². The lowest BCUT2D eigenvalue weighted by Gasteiger charge is -2.34. The van der Waals surface area contributed by atoms with E-state index in [-0.39, 0.29) is 25.3 Å². The molecule has 1 saturated carbocycles. The highest BCUT2D eigenvalue weighted by Crippen LogP contribution is 2.29. The van der Waals surface area contributed by atoms with Gasteiger partial charge < -0.3 is 20.5 Å². The van der Waals surface area contributed by atoms with Gasteiger partial charge >= 0.3 is 0 Å². The maximum Gasteiger partial charge on any atom is 0.244 e. The number of imide groups is 1. The minimum absolute atomic E-state index is 0.00808. The predicted molar refractivity (Wildman–Crippen MR) is 193 cm³/mol. The summed E-state index contributed by atoms with van der Waals surface area (Å²) in [6, 6.07) is 6.88. The number of aliphatic hydroxyl groups excluding tert-OH is 2. The first-order chi connectivity index (χ1) is 23.5. The maximum absolute atomic E-state index is 14.0. The van der Waals surface area contributed by atoms with Crippen molar-refractivity contribution in [2.75, 3.05) is 18.1 Å². The van der Waals surface area contributed by atoms with Gasteiger partial charge in [-0.15, -0.1) is 6.58 Å². The number of amides is 2. The van der Waals surface area contributed by atoms with E-state index in [4.69, 9.17) is 0 Å². The Kier molecular flexibility index (Phi) is 15.8. The topological polar surface area (TPSA) is 208 Å². The van der Waals surface area contributed by atoms with Crippen LogP contribution in [0.15, 0.2) is 55.5 Å². The van der Waals surface area contributed by atoms with Crippen LogP contribution in [0.25, 0.3) is 0 Å². The molecule has 50 heavy (non-hydrogen) atoms. The molecule has 0 bridgehead atoms. The molecule has 1 aliphatic rings. The van der Waals surface area contributed by atoms with Crippen molar-refractivity contribution in [1.29, 1.82) is 0 Å². The van der Waals surface area contributed by atoms with Crippen molar-refractivity contribution in [1.82, 2.24) is 25.3 Å². The first-order valence-corrected chi connectivity index (χ1v) is 20.6. The molecule has 15 heteroatoms. The largest absolute Gasteiger partial charge is 0.389 e. The van der Waals surface area contributed by atoms with E-state index in [1.54, 1.807) is 51.1 Å². The van der Waals surface area contributed by atoms with E-state index in [1.165, 1.54) is 12.5 Å². The van der Waals surface area contributed by atoms with E-state index in [0.717, 1.165) is 37.7 Å². The molecule has 5 atom stereocenters. The zero-order valence-electron chi connectivity index (χ0n) is 29.4. The molecule has 1 aromatic carbocycles. The Morgan fingerprint density at radius 2 is 1.70 bits per heavy atom. The monoisotopic (exact) mass is 737 g/mol. The minimum atomic E-state index is -3.95. The summed E-state index contributed by atoms with van der Waals surface area (Å²) in [6.07, 6.45) is 6.88. The van der Waals surface area contributed by atoms with Gasteiger partial charge in [0.1, 0.15) is 0 Å². The Hall–Kier alpha value is -2.95. The second-order valence-corrected chi connectivity index (χ2v) is 18.9. The summed E-state index contributed by atoms with van der Waals surface area (Å²) < 4.78 is 53.1. The lowest BCUT2D eigenvalue weighted by atomic mass is 9.83. The fourth-order valence-electron chi connectivity index (χ4n) is 6.11. The summed E-state index contributed by atoms with van der Waals surface area (Å²) >= 11 is 0. The predicted octanol–water partition coefficient (Wildman–Crippen LogP) is 2.18. The molecule has 13 nitrogen and oxygen atoms in total. The zero-order valence-corrected chi connectivity index (χ0v) is 31.0. The van der Waals surface area contributed by atoms with Crippen molar-refractivity contribution in [3.05, 3.63) is 66.8 Å². The fourth-order valence-corrected chi connectivity index (χ4v) is 8.60. The lowest BCUT2D eigenvalue weighted by Crippen LogP contribution is -2.58. The van der Waals surface area contributed by atoms with Crippen LogP contribution in [0.2, 0.25) is 0 Å². The first kappa shape index (κ1) is 41.5. The zero-order chi connectivity index (χ0) is 37.0. The number of H-pyrrole nitrogens is 1. The third-order valence-electron chi connectivity index (χ3n) is 9.19. The second kappa shape index (κ2) is 19.0. The highest BCUT2D eigenvalue weighted by Gasteiger charge is 2.38. The van der Waals surface area contributed by atoms with Crippen LogP contribution in [0.1, 0.15) is 77.0 Å². The molecular formula is C35H55N5O8S2. The summed E-state index contributed by atoms with van der Waals surface area (Å²) in [5, 5.41) is 28.0. The third-order valence-corrected chi connectivity index (χ3v) is 13.3. The van der Waals surface area contributed by atoms with Gasteiger partial charge in [-0.05, 0) is 51.5 Å². The molecule has 0 radical (unpaired) electrons. The number of sulfone groups is 1. The molecule has 1 aliphatic carbocycles. The first-order valence-electron chi connectivity index (χ1n) is 17.3. The average Bonchev–Trinajstić information content (AvgIpc) is 3.57. The Balaban J connectivity index is 1.89. The highest BCUT2D eigenvalue weighted by atomic mass is 32.2. The van der Waals surface area contributed by atoms with Gasteiger partial charge in [-0.2, -0.15) is 0 Å². The van der Waals surface area contributed by atoms with Crippen LogP contribution in [0.4, 0.5) is 0 Å². The summed E-state index contributed by atoms with van der Waals surface area (Å²) in [4.78, 5) is 34.7. The van der Waals surface area contributed by atoms with Crippen LogP contribution < -0.4 is 15.4 Å². The number of carbonyl (C=O) groups excluding carboxylic acids is 2. The number of carbonyl (C=O) groups is 2. The maximum atomic E-state index is 14.0. The van der Waals surface area contributed by atoms with E-state index in [9.17, 15) is 36.6 Å². The van der Waals surface area contributed by atoms with Gasteiger partial charge in [-0.25, -0.2) is 26.5 Å². The molecule has 2 amide bonds. The number of aliphatic hydroxyl groups is 2. The van der Waals surface area contributed by atoms with Gasteiger partial charge in [0.05, 0.1) is 46.7 Å². The van der Waals surface area contributed by atoms with Crippen LogP contribution in [-0.4, -0.2) is 95.9 Å². The molecule has 1 aromatic heterocycles. The van der Waals surface area contributed by atoms with Gasteiger partial charge in [-0.3, -0.25) is 14.9 Å². The van der Waals surface area contributed by atoms with Crippen LogP contribution in [0.3, 0.4) is 0 Å². The van der Waals surface area contributed by atoms with Gasteiger partial charge in [-0.1, -0.05) is 68.5 Å². The van der Waals surface area contributed by atoms with Crippen molar-refractivity contribution in [2.45, 2.75) is 108 Å². The summed E-state index contributed by atoms with van der Waals surface area (Å²) in [5.41, 5.74) is 1.27. The summed E-state index contributed by atoms with van der Waals surface area (Å²) in [7, 11) is -7.71. The van der Waals surface area contributed by atoms with Crippen LogP contribution in [0.5, 0.6) is 0 Å². The van der Waals surface area contributed by atoms with Gasteiger partial charge in [0.2, 0.25) is 21.8 Å². The number of nitrogens with one attached hydrogen (secondary N) is 4. The highest BCUT2D eigenvalue weighted by molar-refractivity contribution is 7.92. The Labute approximate surface area is 297 Å². The molecule has 0 saturated heterocycles. The quantitative estimate of drug-likeness (QED) is 0.0863. The molecule has 3 rings (SSSR count). The number of aromatic amines is 1. The standard InChI is InChI=1S/C35H55N5O8S2/c1-5-6-17-38-50(47,48)23-31(41)32(42)29(19-26-15-11-8-12-16-26)39-30(20-28-21-36-24-37-28)34(44)40-33(43)27(18-25-13-9-7-10-14-25)22-49(45,46)35(2,3)4/h5,7,9-10,13-14,21,24,26-27,29-32,38-39,41-42H,1,6,8,11-12,15-20,22-23H2,2-4H3,(H,36,37)(H,40,43,44)/t27?,29?,30-,31?,32?/m0/s1. The SMILES string of the molecule is C=CCCNS(=O)(=O)CC(O)C(O)C(CC1CCCCC1)N[C@@H](Cc1cnc[nH]1)C(=O)NC(=O)C(Cc1ccccc1)CS(=O)(=O)C(C)(C)C. The number of benzene rings is 1. The molecule has 2 aromatic rings. The summed E-state index contributed by atoms with van der Waals surface area (Å²) in [5.74, 6) is -3.68. The number of rotatable bonds is 20. The molecule has 0 aliphatic heterocycles. The number of imidazole rings is 1. The van der Waals surface area contributed by atoms with Crippen molar-refractivity contribution in [3.8, 4) is 0 Å². The third kappa shape index (κ3) is 13.3. The molecule has 1 heterocycles. The molecular weight excluding hydrogens is 683 g/mol. The van der Waals surface area contributed by atoms with E-state index in [1.807, 2.05) is 6.07 Å². The lowest BCUT2D eigenvalue weighted by molar-refractivity contribution is -0.133. The number of aromatic nitrogens is 2. The smallest absolute Gasteiger partial charge is 0.244 e. The normalized spacial score (nSPS) is 17.7. The average molecular weight is 738 g/mol. The van der Waals surface area contributed by atoms with E-state index < -0.39 is 78.1 Å². The van der Waals surface area contributed by atoms with Crippen molar-refractivity contribution in [3.63, 3.8) is 0 Å². The van der Waals surface area contributed by atoms with Crippen LogP contribution in [-0.2, 0) is 42.3 Å². The molecule has 1 fully saturated rings. The van der Waals surface area contributed by atoms with E-state index in [0.29, 0.717) is 18.5 Å². The van der Waals surface area contributed by atoms with Crippen LogP contribution >= 0.6 is 0 Å². The molecule has 6 N–H and O–H groups in total. The second-order valence-electron chi connectivity index (χ2n) is 14.3. The Bertz CT molecular complexity index is 1570. The Morgan fingerprint density at radius 3 is 2.30 bits per heavy atom. The molecule has 0 spiro atoms. The Morgan fingerprint density at radius 1 is 1.02 bits per heavy atom. The van der Waals surface area contributed by atoms with Crippen molar-refractivity contribution < 1.29 is 36.6 Å². The van der Waals surface area contributed by atoms with Gasteiger partial charge in [0.15, 0.2) is 9.84 Å². The fraction of sp³-hybridized carbons (Fsp3) is 0.629. The number of hydrogen-bond acceptors (Lipinski definition) is 10. The van der Waals surface area contributed by atoms with E-state index >= 15 is 0 Å². The van der Waals surface area contributed by atoms with Crippen molar-refractivity contribution >= 4 is 31.7 Å². The van der Waals surface area contributed by atoms with Crippen LogP contribution in [0, 0.1) is 11.8 Å². The van der Waals surface area contributed by atoms with Crippen molar-refractivity contribution in [2.24, 2.45) is 11.8 Å². The minimum Gasteiger partial charge on any atom is -0.389 e. The number of sulfonamides is 1. The number of nitrogens with zero attached hydrogens (tertiary/aromatic N) is 1. The van der Waals surface area contributed by atoms with Gasteiger partial charge in [0.25, 0.3) is 0 Å². The number of hydrogen-bond donors (Lipinski definition) is 6. The molecule has 4 unspecified atom stereocenters. The van der Waals surface area contributed by atoms with Gasteiger partial charge in [0, 0.05) is 30.9 Å². The molecule has 280 valence electrons.